The zero-order valence-corrected chi connectivity index (χ0v) is 14.9. The molecule has 3 rings (SSSR count). The summed E-state index contributed by atoms with van der Waals surface area (Å²) in [4.78, 5) is 0. The van der Waals surface area contributed by atoms with Crippen LogP contribution in [0, 0.1) is 0 Å². The molecular formula is C17H14Cl2N4S. The number of nitrogens with one attached hydrogen (secondary N) is 2. The Hall–Kier alpha value is -2.08. The number of nitrogens with zero attached hydrogens (tertiary/aromatic N) is 2. The molecule has 0 saturated heterocycles. The second-order valence-corrected chi connectivity index (χ2v) is 6.30. The fourth-order valence-electron chi connectivity index (χ4n) is 2.13. The van der Waals surface area contributed by atoms with Crippen molar-refractivity contribution in [1.29, 1.82) is 0 Å². The lowest BCUT2D eigenvalue weighted by Crippen LogP contribution is -2.28. The van der Waals surface area contributed by atoms with Gasteiger partial charge in [-0.2, -0.15) is 5.10 Å². The lowest BCUT2D eigenvalue weighted by Gasteiger charge is -2.12. The molecule has 3 aromatic rings. The number of halogens is 2. The topological polar surface area (TPSA) is 41.9 Å². The van der Waals surface area contributed by atoms with Gasteiger partial charge in [0.1, 0.15) is 0 Å². The summed E-state index contributed by atoms with van der Waals surface area (Å²) in [7, 11) is 0. The molecule has 2 aromatic carbocycles. The maximum atomic E-state index is 6.11. The van der Waals surface area contributed by atoms with Gasteiger partial charge in [0, 0.05) is 24.0 Å². The largest absolute Gasteiger partial charge is 0.358 e. The zero-order chi connectivity index (χ0) is 16.9. The second-order valence-electron chi connectivity index (χ2n) is 5.05. The molecule has 0 unspecified atom stereocenters. The van der Waals surface area contributed by atoms with Crippen LogP contribution in [0.3, 0.4) is 0 Å². The number of hydrogen-bond acceptors (Lipinski definition) is 2. The molecule has 0 bridgehead atoms. The van der Waals surface area contributed by atoms with Crippen LogP contribution < -0.4 is 10.6 Å². The van der Waals surface area contributed by atoms with E-state index >= 15 is 0 Å². The van der Waals surface area contributed by atoms with Gasteiger partial charge in [-0.05, 0) is 54.2 Å². The van der Waals surface area contributed by atoms with Crippen LogP contribution in [0.4, 0.5) is 5.69 Å². The third kappa shape index (κ3) is 4.26. The summed E-state index contributed by atoms with van der Waals surface area (Å²) in [5.41, 5.74) is 2.79. The fourth-order valence-corrected chi connectivity index (χ4v) is 2.65. The van der Waals surface area contributed by atoms with E-state index in [9.17, 15) is 0 Å². The van der Waals surface area contributed by atoms with Crippen LogP contribution in [-0.4, -0.2) is 14.9 Å². The van der Waals surface area contributed by atoms with Crippen LogP contribution in [0.1, 0.15) is 5.56 Å². The lowest BCUT2D eigenvalue weighted by atomic mass is 10.2. The summed E-state index contributed by atoms with van der Waals surface area (Å²) in [6.07, 6.45) is 3.65. The predicted octanol–water partition coefficient (Wildman–Crippen LogP) is 4.67. The molecule has 0 aliphatic carbocycles. The minimum Gasteiger partial charge on any atom is -0.358 e. The third-order valence-corrected chi connectivity index (χ3v) is 4.15. The molecule has 0 amide bonds. The van der Waals surface area contributed by atoms with E-state index in [-0.39, 0.29) is 0 Å². The SMILES string of the molecule is S=C(NCc1ccc(-n2cccn2)cc1)Nc1cc(Cl)ccc1Cl. The van der Waals surface area contributed by atoms with E-state index in [0.717, 1.165) is 11.3 Å². The second kappa shape index (κ2) is 7.66. The third-order valence-electron chi connectivity index (χ3n) is 3.33. The summed E-state index contributed by atoms with van der Waals surface area (Å²) < 4.78 is 1.81. The summed E-state index contributed by atoms with van der Waals surface area (Å²) in [6.45, 7) is 0.601. The van der Waals surface area contributed by atoms with Gasteiger partial charge in [-0.1, -0.05) is 35.3 Å². The molecule has 2 N–H and O–H groups in total. The molecule has 7 heteroatoms. The summed E-state index contributed by atoms with van der Waals surface area (Å²) in [5, 5.41) is 12.0. The Kier molecular flexibility index (Phi) is 5.35. The number of anilines is 1. The number of thiocarbonyl (C=S) groups is 1. The normalized spacial score (nSPS) is 10.4. The van der Waals surface area contributed by atoms with Gasteiger partial charge >= 0.3 is 0 Å². The minimum atomic E-state index is 0.482. The Morgan fingerprint density at radius 2 is 1.92 bits per heavy atom. The van der Waals surface area contributed by atoms with Crippen LogP contribution in [-0.2, 0) is 6.54 Å². The Labute approximate surface area is 155 Å². The van der Waals surface area contributed by atoms with Crippen molar-refractivity contribution in [2.24, 2.45) is 0 Å². The average Bonchev–Trinajstić information content (AvgIpc) is 3.11. The minimum absolute atomic E-state index is 0.482. The van der Waals surface area contributed by atoms with E-state index in [4.69, 9.17) is 35.4 Å². The van der Waals surface area contributed by atoms with Gasteiger partial charge in [-0.15, -0.1) is 0 Å². The highest BCUT2D eigenvalue weighted by Gasteiger charge is 2.04. The fraction of sp³-hybridized carbons (Fsp3) is 0.0588. The molecule has 0 spiro atoms. The zero-order valence-electron chi connectivity index (χ0n) is 12.5. The summed E-state index contributed by atoms with van der Waals surface area (Å²) in [6, 6.07) is 15.1. The van der Waals surface area contributed by atoms with Gasteiger partial charge in [-0.3, -0.25) is 0 Å². The van der Waals surface area contributed by atoms with Gasteiger partial charge in [0.15, 0.2) is 5.11 Å². The smallest absolute Gasteiger partial charge is 0.171 e. The van der Waals surface area contributed by atoms with Crippen molar-refractivity contribution < 1.29 is 0 Å². The first-order valence-corrected chi connectivity index (χ1v) is 8.37. The highest BCUT2D eigenvalue weighted by atomic mass is 35.5. The molecule has 0 aliphatic heterocycles. The van der Waals surface area contributed by atoms with E-state index in [1.807, 2.05) is 41.2 Å². The van der Waals surface area contributed by atoms with Crippen molar-refractivity contribution in [3.8, 4) is 5.69 Å². The van der Waals surface area contributed by atoms with Crippen LogP contribution in [0.15, 0.2) is 60.9 Å². The molecule has 0 saturated carbocycles. The highest BCUT2D eigenvalue weighted by molar-refractivity contribution is 7.80. The first-order chi connectivity index (χ1) is 11.6. The molecule has 4 nitrogen and oxygen atoms in total. The number of hydrogen-bond donors (Lipinski definition) is 2. The molecule has 0 aliphatic rings. The van der Waals surface area contributed by atoms with Gasteiger partial charge in [-0.25, -0.2) is 4.68 Å². The number of benzene rings is 2. The first kappa shape index (κ1) is 16.8. The Balaban J connectivity index is 1.57. The Bertz CT molecular complexity index is 832. The van der Waals surface area contributed by atoms with E-state index in [2.05, 4.69) is 15.7 Å². The Morgan fingerprint density at radius 3 is 2.62 bits per heavy atom. The monoisotopic (exact) mass is 376 g/mol. The molecule has 0 fully saturated rings. The molecule has 1 heterocycles. The number of rotatable bonds is 4. The van der Waals surface area contributed by atoms with Crippen molar-refractivity contribution in [3.63, 3.8) is 0 Å². The predicted molar refractivity (Wildman–Crippen MR) is 103 cm³/mol. The van der Waals surface area contributed by atoms with Crippen molar-refractivity contribution in [3.05, 3.63) is 76.5 Å². The van der Waals surface area contributed by atoms with Crippen LogP contribution in [0.2, 0.25) is 10.0 Å². The van der Waals surface area contributed by atoms with Crippen LogP contribution >= 0.6 is 35.4 Å². The van der Waals surface area contributed by atoms with Gasteiger partial charge < -0.3 is 10.6 Å². The van der Waals surface area contributed by atoms with Crippen LogP contribution in [0.5, 0.6) is 0 Å². The molecule has 0 radical (unpaired) electrons. The molecule has 122 valence electrons. The maximum Gasteiger partial charge on any atom is 0.171 e. The van der Waals surface area contributed by atoms with E-state index < -0.39 is 0 Å². The van der Waals surface area contributed by atoms with Crippen LogP contribution in [0.25, 0.3) is 5.69 Å². The molecule has 0 atom stereocenters. The van der Waals surface area contributed by atoms with Crippen molar-refractivity contribution in [2.75, 3.05) is 5.32 Å². The van der Waals surface area contributed by atoms with Gasteiger partial charge in [0.05, 0.1) is 16.4 Å². The van der Waals surface area contributed by atoms with Crippen molar-refractivity contribution in [1.82, 2.24) is 15.1 Å². The Morgan fingerprint density at radius 1 is 1.12 bits per heavy atom. The van der Waals surface area contributed by atoms with Gasteiger partial charge in [0.2, 0.25) is 0 Å². The quantitative estimate of drug-likeness (QED) is 0.649. The standard InChI is InChI=1S/C17H14Cl2N4S/c18-13-4-7-15(19)16(10-13)22-17(24)20-11-12-2-5-14(6-3-12)23-9-1-8-21-23/h1-10H,11H2,(H2,20,22,24). The first-order valence-electron chi connectivity index (χ1n) is 7.21. The molecule has 24 heavy (non-hydrogen) atoms. The number of aromatic nitrogens is 2. The summed E-state index contributed by atoms with van der Waals surface area (Å²) >= 11 is 17.4. The molecular weight excluding hydrogens is 363 g/mol. The lowest BCUT2D eigenvalue weighted by molar-refractivity contribution is 0.874. The van der Waals surface area contributed by atoms with Crippen molar-refractivity contribution >= 4 is 46.2 Å². The van der Waals surface area contributed by atoms with E-state index in [1.165, 1.54) is 0 Å². The molecule has 1 aromatic heterocycles. The van der Waals surface area contributed by atoms with E-state index in [0.29, 0.717) is 27.4 Å². The summed E-state index contributed by atoms with van der Waals surface area (Å²) in [5.74, 6) is 0. The average molecular weight is 377 g/mol. The van der Waals surface area contributed by atoms with Gasteiger partial charge in [0.25, 0.3) is 0 Å². The highest BCUT2D eigenvalue weighted by Crippen LogP contribution is 2.25. The maximum absolute atomic E-state index is 6.11. The van der Waals surface area contributed by atoms with Crippen molar-refractivity contribution in [2.45, 2.75) is 6.54 Å². The van der Waals surface area contributed by atoms with E-state index in [1.54, 1.807) is 24.4 Å².